The van der Waals surface area contributed by atoms with E-state index in [0.29, 0.717) is 6.42 Å². The lowest BCUT2D eigenvalue weighted by atomic mass is 9.70. The first-order valence-electron chi connectivity index (χ1n) is 10.3. The van der Waals surface area contributed by atoms with Gasteiger partial charge in [0.05, 0.1) is 23.9 Å². The number of nitrogens with one attached hydrogen (secondary N) is 1. The first kappa shape index (κ1) is 21.1. The molecule has 3 aliphatic rings. The van der Waals surface area contributed by atoms with Gasteiger partial charge in [-0.3, -0.25) is 4.79 Å². The number of hydrogen-bond donors (Lipinski definition) is 2. The van der Waals surface area contributed by atoms with Crippen molar-refractivity contribution in [2.24, 2.45) is 17.6 Å². The van der Waals surface area contributed by atoms with Crippen LogP contribution in [0.25, 0.3) is 0 Å². The Morgan fingerprint density at radius 1 is 1.36 bits per heavy atom. The zero-order valence-corrected chi connectivity index (χ0v) is 17.6. The Balaban J connectivity index is 1.59. The summed E-state index contributed by atoms with van der Waals surface area (Å²) >= 11 is 0. The Bertz CT molecular complexity index is 653. The van der Waals surface area contributed by atoms with E-state index in [4.69, 9.17) is 19.9 Å². The summed E-state index contributed by atoms with van der Waals surface area (Å²) in [5.74, 6) is -0.458. The van der Waals surface area contributed by atoms with E-state index in [1.807, 2.05) is 13.8 Å². The molecular weight excluding hydrogens is 360 g/mol. The van der Waals surface area contributed by atoms with Gasteiger partial charge in [0.2, 0.25) is 5.91 Å². The minimum atomic E-state index is -0.734. The standard InChI is InChI=1S/C21H34N2O5/c1-12(2)6-7-16-20(5,28-16)15-10-14(8-9-21(15)11-26-21)27-19(25)23-17(13(3)4)18(22)24/h6,13-17H,7-11H2,1-5H3,(H2,22,24)(H,23,25)/t14?,15?,16?,17-,20-,21+/m1/s1. The number of carbonyl (C=O) groups excluding carboxylic acids is 2. The third kappa shape index (κ3) is 4.35. The number of epoxide rings is 2. The van der Waals surface area contributed by atoms with Crippen LogP contribution >= 0.6 is 0 Å². The van der Waals surface area contributed by atoms with Gasteiger partial charge in [-0.1, -0.05) is 25.5 Å². The summed E-state index contributed by atoms with van der Waals surface area (Å²) in [5, 5.41) is 2.60. The van der Waals surface area contributed by atoms with Crippen molar-refractivity contribution in [3.8, 4) is 0 Å². The Morgan fingerprint density at radius 2 is 2.04 bits per heavy atom. The summed E-state index contributed by atoms with van der Waals surface area (Å²) in [7, 11) is 0. The van der Waals surface area contributed by atoms with Crippen LogP contribution in [0.5, 0.6) is 0 Å². The molecule has 0 aromatic rings. The second-order valence-electron chi connectivity index (χ2n) is 9.28. The topological polar surface area (TPSA) is 106 Å². The number of nitrogens with two attached hydrogens (primary N) is 1. The lowest BCUT2D eigenvalue weighted by Crippen LogP contribution is -2.50. The van der Waals surface area contributed by atoms with Crippen molar-refractivity contribution in [2.45, 2.75) is 89.8 Å². The number of amides is 2. The number of primary amides is 1. The molecule has 28 heavy (non-hydrogen) atoms. The molecule has 7 heteroatoms. The SMILES string of the molecule is CC(C)=CCC1O[C@]1(C)C1CC(OC(=O)N[C@@H](C(N)=O)C(C)C)CC[C@]12CO2. The van der Waals surface area contributed by atoms with Gasteiger partial charge >= 0.3 is 6.09 Å². The van der Waals surface area contributed by atoms with E-state index in [0.717, 1.165) is 25.9 Å². The fourth-order valence-electron chi connectivity index (χ4n) is 4.56. The van der Waals surface area contributed by atoms with E-state index < -0.39 is 18.0 Å². The predicted octanol–water partition coefficient (Wildman–Crippen LogP) is 2.67. The monoisotopic (exact) mass is 394 g/mol. The molecule has 7 nitrogen and oxygen atoms in total. The van der Waals surface area contributed by atoms with Crippen molar-refractivity contribution >= 4 is 12.0 Å². The second-order valence-corrected chi connectivity index (χ2v) is 9.28. The maximum atomic E-state index is 12.3. The van der Waals surface area contributed by atoms with Crippen LogP contribution in [-0.2, 0) is 19.0 Å². The first-order valence-corrected chi connectivity index (χ1v) is 10.3. The molecular formula is C21H34N2O5. The summed E-state index contributed by atoms with van der Waals surface area (Å²) in [4.78, 5) is 23.8. The molecule has 0 bridgehead atoms. The van der Waals surface area contributed by atoms with Crippen LogP contribution in [0.15, 0.2) is 11.6 Å². The van der Waals surface area contributed by atoms with Gasteiger partial charge in [-0.25, -0.2) is 4.79 Å². The molecule has 2 aliphatic heterocycles. The lowest BCUT2D eigenvalue weighted by Gasteiger charge is -2.36. The highest BCUT2D eigenvalue weighted by molar-refractivity contribution is 5.84. The number of ether oxygens (including phenoxy) is 3. The molecule has 0 aromatic carbocycles. The van der Waals surface area contributed by atoms with Gasteiger partial charge in [-0.15, -0.1) is 0 Å². The van der Waals surface area contributed by atoms with E-state index in [9.17, 15) is 9.59 Å². The summed E-state index contributed by atoms with van der Waals surface area (Å²) in [5.41, 5.74) is 6.28. The quantitative estimate of drug-likeness (QED) is 0.510. The number of alkyl carbamates (subject to hydrolysis) is 1. The number of hydrogen-bond acceptors (Lipinski definition) is 5. The Kier molecular flexibility index (Phi) is 5.79. The third-order valence-corrected chi connectivity index (χ3v) is 6.47. The Labute approximate surface area is 167 Å². The van der Waals surface area contributed by atoms with Gasteiger partial charge in [0, 0.05) is 5.92 Å². The molecule has 1 spiro atoms. The van der Waals surface area contributed by atoms with Crippen LogP contribution in [0.2, 0.25) is 0 Å². The molecule has 158 valence electrons. The molecule has 0 aromatic heterocycles. The smallest absolute Gasteiger partial charge is 0.408 e. The van der Waals surface area contributed by atoms with E-state index in [1.54, 1.807) is 0 Å². The molecule has 3 fully saturated rings. The summed E-state index contributed by atoms with van der Waals surface area (Å²) in [6, 6.07) is -0.734. The van der Waals surface area contributed by atoms with Crippen LogP contribution in [-0.4, -0.2) is 48.1 Å². The Hall–Kier alpha value is -1.60. The van der Waals surface area contributed by atoms with Gasteiger partial charge in [0.25, 0.3) is 0 Å². The highest BCUT2D eigenvalue weighted by Crippen LogP contribution is 2.59. The fourth-order valence-corrected chi connectivity index (χ4v) is 4.56. The molecule has 3 unspecified atom stereocenters. The minimum absolute atomic E-state index is 0.0955. The molecule has 1 aliphatic carbocycles. The third-order valence-electron chi connectivity index (χ3n) is 6.47. The zero-order chi connectivity index (χ0) is 20.7. The maximum Gasteiger partial charge on any atom is 0.408 e. The van der Waals surface area contributed by atoms with Crippen LogP contribution in [0.1, 0.15) is 60.3 Å². The van der Waals surface area contributed by atoms with E-state index in [1.165, 1.54) is 5.57 Å². The van der Waals surface area contributed by atoms with E-state index >= 15 is 0 Å². The maximum absolute atomic E-state index is 12.3. The van der Waals surface area contributed by atoms with Crippen LogP contribution < -0.4 is 11.1 Å². The van der Waals surface area contributed by atoms with E-state index in [-0.39, 0.29) is 35.2 Å². The largest absolute Gasteiger partial charge is 0.446 e. The van der Waals surface area contributed by atoms with Crippen molar-refractivity contribution < 1.29 is 23.8 Å². The number of rotatable bonds is 7. The molecule has 2 saturated heterocycles. The molecule has 0 radical (unpaired) electrons. The second kappa shape index (κ2) is 7.67. The average molecular weight is 395 g/mol. The highest BCUT2D eigenvalue weighted by Gasteiger charge is 2.68. The molecule has 3 rings (SSSR count). The molecule has 2 amide bonds. The Morgan fingerprint density at radius 3 is 2.57 bits per heavy atom. The summed E-state index contributed by atoms with van der Waals surface area (Å²) < 4.78 is 17.6. The van der Waals surface area contributed by atoms with Crippen LogP contribution in [0.4, 0.5) is 4.79 Å². The van der Waals surface area contributed by atoms with Crippen molar-refractivity contribution in [2.75, 3.05) is 6.61 Å². The normalized spacial score (nSPS) is 37.3. The van der Waals surface area contributed by atoms with Crippen LogP contribution in [0, 0.1) is 11.8 Å². The number of allylic oxidation sites excluding steroid dienone is 1. The van der Waals surface area contributed by atoms with Crippen LogP contribution in [0.3, 0.4) is 0 Å². The van der Waals surface area contributed by atoms with Crippen molar-refractivity contribution in [1.29, 1.82) is 0 Å². The fraction of sp³-hybridized carbons (Fsp3) is 0.810. The first-order chi connectivity index (χ1) is 13.1. The molecule has 3 N–H and O–H groups in total. The molecule has 6 atom stereocenters. The molecule has 1 saturated carbocycles. The number of carbonyl (C=O) groups is 2. The van der Waals surface area contributed by atoms with Gasteiger partial charge < -0.3 is 25.3 Å². The summed E-state index contributed by atoms with van der Waals surface area (Å²) in [6.45, 7) is 10.7. The predicted molar refractivity (Wildman–Crippen MR) is 105 cm³/mol. The van der Waals surface area contributed by atoms with Crippen molar-refractivity contribution in [1.82, 2.24) is 5.32 Å². The van der Waals surface area contributed by atoms with E-state index in [2.05, 4.69) is 32.2 Å². The summed E-state index contributed by atoms with van der Waals surface area (Å²) in [6.07, 6.45) is 4.79. The van der Waals surface area contributed by atoms with Gasteiger partial charge in [0.15, 0.2) is 0 Å². The van der Waals surface area contributed by atoms with Gasteiger partial charge in [-0.2, -0.15) is 0 Å². The van der Waals surface area contributed by atoms with Gasteiger partial charge in [0.1, 0.15) is 12.1 Å². The van der Waals surface area contributed by atoms with Crippen molar-refractivity contribution in [3.63, 3.8) is 0 Å². The molecule has 2 heterocycles. The highest BCUT2D eigenvalue weighted by atomic mass is 16.6. The average Bonchev–Trinajstić information content (AvgIpc) is 3.50. The lowest BCUT2D eigenvalue weighted by molar-refractivity contribution is -0.121. The minimum Gasteiger partial charge on any atom is -0.446 e. The van der Waals surface area contributed by atoms with Gasteiger partial charge in [-0.05, 0) is 52.4 Å². The van der Waals surface area contributed by atoms with Crippen molar-refractivity contribution in [3.05, 3.63) is 11.6 Å². The zero-order valence-electron chi connectivity index (χ0n) is 17.6.